The summed E-state index contributed by atoms with van der Waals surface area (Å²) in [6.07, 6.45) is -2.29. The first-order chi connectivity index (χ1) is 9.84. The summed E-state index contributed by atoms with van der Waals surface area (Å²) >= 11 is 5.67. The summed E-state index contributed by atoms with van der Waals surface area (Å²) in [4.78, 5) is 11.6. The molecule has 2 fully saturated rings. The highest BCUT2D eigenvalue weighted by atomic mass is 35.5. The Balaban J connectivity index is 1.90. The van der Waals surface area contributed by atoms with Gasteiger partial charge < -0.3 is 4.90 Å². The van der Waals surface area contributed by atoms with E-state index in [0.717, 1.165) is 32.0 Å². The molecule has 8 heteroatoms. The fraction of sp³-hybridized carbons (Fsp3) is 0.692. The SMILES string of the molecule is CC1CN2CCCC2CN1c1cc(C(F)(F)F)nc(Cl)n1. The third-order valence-corrected chi connectivity index (χ3v) is 4.38. The normalized spacial score (nSPS) is 27.0. The van der Waals surface area contributed by atoms with E-state index in [1.165, 1.54) is 0 Å². The molecule has 0 aliphatic carbocycles. The van der Waals surface area contributed by atoms with Gasteiger partial charge in [0.05, 0.1) is 0 Å². The number of piperazine rings is 1. The lowest BCUT2D eigenvalue weighted by Gasteiger charge is -2.43. The van der Waals surface area contributed by atoms with Crippen molar-refractivity contribution in [2.75, 3.05) is 24.5 Å². The summed E-state index contributed by atoms with van der Waals surface area (Å²) < 4.78 is 38.6. The van der Waals surface area contributed by atoms with Gasteiger partial charge in [-0.15, -0.1) is 0 Å². The molecular weight excluding hydrogens is 305 g/mol. The van der Waals surface area contributed by atoms with Crippen molar-refractivity contribution in [3.8, 4) is 0 Å². The Hall–Kier alpha value is -1.08. The van der Waals surface area contributed by atoms with E-state index in [1.54, 1.807) is 0 Å². The van der Waals surface area contributed by atoms with Crippen molar-refractivity contribution < 1.29 is 13.2 Å². The van der Waals surface area contributed by atoms with E-state index in [-0.39, 0.29) is 17.1 Å². The molecule has 2 aliphatic rings. The molecule has 3 heterocycles. The molecule has 0 aromatic carbocycles. The van der Waals surface area contributed by atoms with Crippen LogP contribution in [0.1, 0.15) is 25.5 Å². The Morgan fingerprint density at radius 3 is 2.76 bits per heavy atom. The molecule has 2 atom stereocenters. The number of nitrogens with zero attached hydrogens (tertiary/aromatic N) is 4. The fourth-order valence-electron chi connectivity index (χ4n) is 3.20. The molecular formula is C13H16ClF3N4. The Kier molecular flexibility index (Phi) is 3.73. The maximum absolute atomic E-state index is 12.9. The third kappa shape index (κ3) is 2.94. The van der Waals surface area contributed by atoms with Crippen LogP contribution in [-0.4, -0.2) is 46.6 Å². The molecule has 2 aliphatic heterocycles. The molecule has 0 bridgehead atoms. The van der Waals surface area contributed by atoms with Crippen LogP contribution in [0.2, 0.25) is 5.28 Å². The van der Waals surface area contributed by atoms with Crippen molar-refractivity contribution in [1.82, 2.24) is 14.9 Å². The number of halogens is 4. The first kappa shape index (κ1) is 14.8. The topological polar surface area (TPSA) is 32.3 Å². The van der Waals surface area contributed by atoms with Gasteiger partial charge in [-0.1, -0.05) is 0 Å². The minimum absolute atomic E-state index is 0.103. The minimum atomic E-state index is -4.51. The highest BCUT2D eigenvalue weighted by molar-refractivity contribution is 6.28. The molecule has 0 N–H and O–H groups in total. The van der Waals surface area contributed by atoms with Crippen LogP contribution in [0.15, 0.2) is 6.07 Å². The monoisotopic (exact) mass is 320 g/mol. The molecule has 21 heavy (non-hydrogen) atoms. The Bertz CT molecular complexity index is 537. The number of aromatic nitrogens is 2. The van der Waals surface area contributed by atoms with Crippen LogP contribution >= 0.6 is 11.6 Å². The van der Waals surface area contributed by atoms with Gasteiger partial charge >= 0.3 is 6.18 Å². The van der Waals surface area contributed by atoms with Crippen molar-refractivity contribution in [1.29, 1.82) is 0 Å². The standard InChI is InChI=1S/C13H16ClF3N4/c1-8-6-20-4-2-3-9(20)7-21(8)11-5-10(13(15,16)17)18-12(14)19-11/h5,8-9H,2-4,6-7H2,1H3. The number of anilines is 1. The van der Waals surface area contributed by atoms with Crippen LogP contribution in [0.25, 0.3) is 0 Å². The first-order valence-corrected chi connectivity index (χ1v) is 7.35. The summed E-state index contributed by atoms with van der Waals surface area (Å²) in [7, 11) is 0. The minimum Gasteiger partial charge on any atom is -0.351 e. The Labute approximate surface area is 125 Å². The van der Waals surface area contributed by atoms with Crippen LogP contribution in [0, 0.1) is 0 Å². The fourth-order valence-corrected chi connectivity index (χ4v) is 3.38. The van der Waals surface area contributed by atoms with Crippen LogP contribution in [0.3, 0.4) is 0 Å². The predicted molar refractivity (Wildman–Crippen MR) is 73.4 cm³/mol. The van der Waals surface area contributed by atoms with E-state index in [4.69, 9.17) is 11.6 Å². The number of alkyl halides is 3. The van der Waals surface area contributed by atoms with Crippen molar-refractivity contribution in [3.63, 3.8) is 0 Å². The number of rotatable bonds is 1. The summed E-state index contributed by atoms with van der Waals surface area (Å²) in [5.41, 5.74) is -0.987. The molecule has 0 radical (unpaired) electrons. The van der Waals surface area contributed by atoms with E-state index in [2.05, 4.69) is 14.9 Å². The highest BCUT2D eigenvalue weighted by Gasteiger charge is 2.37. The smallest absolute Gasteiger partial charge is 0.351 e. The van der Waals surface area contributed by atoms with Crippen LogP contribution in [0.5, 0.6) is 0 Å². The maximum atomic E-state index is 12.9. The van der Waals surface area contributed by atoms with Crippen molar-refractivity contribution in [2.24, 2.45) is 0 Å². The molecule has 116 valence electrons. The second kappa shape index (κ2) is 5.28. The summed E-state index contributed by atoms with van der Waals surface area (Å²) in [6, 6.07) is 1.49. The second-order valence-electron chi connectivity index (χ2n) is 5.67. The largest absolute Gasteiger partial charge is 0.433 e. The van der Waals surface area contributed by atoms with Gasteiger partial charge in [-0.3, -0.25) is 4.90 Å². The molecule has 1 aromatic rings. The summed E-state index contributed by atoms with van der Waals surface area (Å²) in [5, 5.41) is -0.360. The van der Waals surface area contributed by atoms with E-state index >= 15 is 0 Å². The molecule has 4 nitrogen and oxygen atoms in total. The quantitative estimate of drug-likeness (QED) is 0.745. The molecule has 0 saturated carbocycles. The molecule has 1 aromatic heterocycles. The molecule has 3 rings (SSSR count). The molecule has 0 spiro atoms. The van der Waals surface area contributed by atoms with Crippen molar-refractivity contribution in [3.05, 3.63) is 17.0 Å². The Morgan fingerprint density at radius 2 is 2.05 bits per heavy atom. The van der Waals surface area contributed by atoms with Gasteiger partial charge in [0.2, 0.25) is 5.28 Å². The van der Waals surface area contributed by atoms with Gasteiger partial charge in [0.25, 0.3) is 0 Å². The van der Waals surface area contributed by atoms with Gasteiger partial charge in [-0.2, -0.15) is 13.2 Å². The van der Waals surface area contributed by atoms with E-state index < -0.39 is 11.9 Å². The average Bonchev–Trinajstić information content (AvgIpc) is 2.83. The molecule has 2 saturated heterocycles. The van der Waals surface area contributed by atoms with Gasteiger partial charge in [-0.05, 0) is 37.9 Å². The molecule has 0 amide bonds. The highest BCUT2D eigenvalue weighted by Crippen LogP contribution is 2.33. The maximum Gasteiger partial charge on any atom is 0.433 e. The summed E-state index contributed by atoms with van der Waals surface area (Å²) in [6.45, 7) is 4.60. The number of hydrogen-bond acceptors (Lipinski definition) is 4. The third-order valence-electron chi connectivity index (χ3n) is 4.21. The van der Waals surface area contributed by atoms with Crippen LogP contribution in [-0.2, 0) is 6.18 Å². The number of fused-ring (bicyclic) bond motifs is 1. The van der Waals surface area contributed by atoms with E-state index in [1.807, 2.05) is 11.8 Å². The van der Waals surface area contributed by atoms with Crippen LogP contribution in [0.4, 0.5) is 19.0 Å². The van der Waals surface area contributed by atoms with E-state index in [9.17, 15) is 13.2 Å². The Morgan fingerprint density at radius 1 is 1.29 bits per heavy atom. The lowest BCUT2D eigenvalue weighted by molar-refractivity contribution is -0.141. The van der Waals surface area contributed by atoms with Crippen molar-refractivity contribution in [2.45, 2.75) is 38.0 Å². The lowest BCUT2D eigenvalue weighted by Crippen LogP contribution is -2.55. The summed E-state index contributed by atoms with van der Waals surface area (Å²) in [5.74, 6) is 0.265. The zero-order valence-electron chi connectivity index (χ0n) is 11.6. The molecule has 2 unspecified atom stereocenters. The van der Waals surface area contributed by atoms with Gasteiger partial charge in [0, 0.05) is 31.2 Å². The lowest BCUT2D eigenvalue weighted by atomic mass is 10.1. The van der Waals surface area contributed by atoms with Gasteiger partial charge in [0.15, 0.2) is 5.69 Å². The predicted octanol–water partition coefficient (Wildman–Crippen LogP) is 2.82. The zero-order chi connectivity index (χ0) is 15.2. The average molecular weight is 321 g/mol. The van der Waals surface area contributed by atoms with Crippen LogP contribution < -0.4 is 4.90 Å². The zero-order valence-corrected chi connectivity index (χ0v) is 12.3. The first-order valence-electron chi connectivity index (χ1n) is 6.97. The van der Waals surface area contributed by atoms with E-state index in [0.29, 0.717) is 12.6 Å². The van der Waals surface area contributed by atoms with Gasteiger partial charge in [0.1, 0.15) is 5.82 Å². The van der Waals surface area contributed by atoms with Gasteiger partial charge in [-0.25, -0.2) is 9.97 Å². The van der Waals surface area contributed by atoms with Crippen molar-refractivity contribution >= 4 is 17.4 Å². The second-order valence-corrected chi connectivity index (χ2v) is 6.01. The number of hydrogen-bond donors (Lipinski definition) is 0.